The summed E-state index contributed by atoms with van der Waals surface area (Å²) in [5, 5.41) is 18.4. The number of aromatic hydroxyl groups is 1. The molecule has 0 radical (unpaired) electrons. The van der Waals surface area contributed by atoms with Crippen molar-refractivity contribution in [1.29, 1.82) is 0 Å². The molecule has 4 aromatic rings. The number of fused-ring (bicyclic) bond motifs is 2. The van der Waals surface area contributed by atoms with Crippen molar-refractivity contribution < 1.29 is 14.6 Å². The molecular weight excluding hydrogens is 432 g/mol. The third kappa shape index (κ3) is 3.93. The molecule has 3 heterocycles. The third-order valence-electron chi connectivity index (χ3n) is 6.38. The van der Waals surface area contributed by atoms with Crippen LogP contribution in [0.3, 0.4) is 0 Å². The number of nitrogens with zero attached hydrogens (tertiary/aromatic N) is 3. The maximum absolute atomic E-state index is 12.6. The second kappa shape index (κ2) is 8.92. The Labute approximate surface area is 197 Å². The molecule has 0 bridgehead atoms. The van der Waals surface area contributed by atoms with Crippen molar-refractivity contribution in [2.24, 2.45) is 5.73 Å². The van der Waals surface area contributed by atoms with E-state index in [1.807, 2.05) is 18.2 Å². The lowest BCUT2D eigenvalue weighted by Gasteiger charge is -2.28. The summed E-state index contributed by atoms with van der Waals surface area (Å²) in [5.41, 5.74) is 12.7. The molecule has 9 heteroatoms. The molecule has 9 nitrogen and oxygen atoms in total. The van der Waals surface area contributed by atoms with Crippen LogP contribution in [0.25, 0.3) is 33.5 Å². The van der Waals surface area contributed by atoms with Gasteiger partial charge in [0.15, 0.2) is 5.82 Å². The zero-order valence-electron chi connectivity index (χ0n) is 19.3. The van der Waals surface area contributed by atoms with Crippen molar-refractivity contribution >= 4 is 16.8 Å². The second-order valence-corrected chi connectivity index (χ2v) is 8.61. The van der Waals surface area contributed by atoms with Crippen molar-refractivity contribution in [3.05, 3.63) is 53.3 Å². The Bertz CT molecular complexity index is 1360. The molecule has 2 aromatic heterocycles. The molecule has 1 amide bonds. The van der Waals surface area contributed by atoms with Gasteiger partial charge in [-0.3, -0.25) is 9.89 Å². The van der Waals surface area contributed by atoms with Gasteiger partial charge in [0.05, 0.1) is 24.4 Å². The summed E-state index contributed by atoms with van der Waals surface area (Å²) in [4.78, 5) is 22.5. The molecule has 0 saturated heterocycles. The first-order valence-electron chi connectivity index (χ1n) is 11.4. The molecule has 1 aliphatic heterocycles. The monoisotopic (exact) mass is 460 g/mol. The molecule has 176 valence electrons. The lowest BCUT2D eigenvalue weighted by Crippen LogP contribution is -2.47. The molecule has 5 N–H and O–H groups in total. The number of benzene rings is 2. The number of rotatable bonds is 6. The lowest BCUT2D eigenvalue weighted by atomic mass is 9.97. The average molecular weight is 461 g/mol. The van der Waals surface area contributed by atoms with Crippen LogP contribution in [0, 0.1) is 0 Å². The summed E-state index contributed by atoms with van der Waals surface area (Å²) in [6.07, 6.45) is 1.50. The minimum atomic E-state index is -0.670. The Morgan fingerprint density at radius 1 is 1.29 bits per heavy atom. The van der Waals surface area contributed by atoms with Gasteiger partial charge in [-0.2, -0.15) is 5.10 Å². The molecule has 0 fully saturated rings. The standard InChI is InChI=1S/C25H28N6O3/c1-3-14-10-16(32)5-7-17(14)15-4-6-18-21(11-15)29-30-23(18)24-27-20-8-9-31(12-22(20)28-24)25(33)19(26)13-34-2/h4-7,10-11,19,32H,3,8-9,12-13,26H2,1-2H3,(H,27,28)(H,29,30)/t19-/m0/s1. The third-order valence-corrected chi connectivity index (χ3v) is 6.38. The highest BCUT2D eigenvalue weighted by Gasteiger charge is 2.28. The molecular formula is C25H28N6O3. The highest BCUT2D eigenvalue weighted by Crippen LogP contribution is 2.32. The molecule has 1 aliphatic rings. The number of ether oxygens (including phenoxy) is 1. The molecule has 0 unspecified atom stereocenters. The summed E-state index contributed by atoms with van der Waals surface area (Å²) in [7, 11) is 1.53. The first-order valence-corrected chi connectivity index (χ1v) is 11.4. The van der Waals surface area contributed by atoms with Crippen molar-refractivity contribution in [1.82, 2.24) is 25.1 Å². The van der Waals surface area contributed by atoms with Gasteiger partial charge in [-0.15, -0.1) is 0 Å². The van der Waals surface area contributed by atoms with E-state index in [9.17, 15) is 9.90 Å². The van der Waals surface area contributed by atoms with Crippen molar-refractivity contribution in [3.8, 4) is 28.4 Å². The number of carbonyl (C=O) groups is 1. The summed E-state index contributed by atoms with van der Waals surface area (Å²) in [6.45, 7) is 3.26. The Morgan fingerprint density at radius 3 is 2.94 bits per heavy atom. The predicted octanol–water partition coefficient (Wildman–Crippen LogP) is 2.75. The van der Waals surface area contributed by atoms with Gasteiger partial charge >= 0.3 is 0 Å². The number of amides is 1. The number of nitrogens with two attached hydrogens (primary N) is 1. The number of imidazole rings is 1. The van der Waals surface area contributed by atoms with Crippen LogP contribution in [-0.4, -0.2) is 62.4 Å². The van der Waals surface area contributed by atoms with E-state index in [4.69, 9.17) is 15.5 Å². The minimum absolute atomic E-state index is 0.129. The van der Waals surface area contributed by atoms with Gasteiger partial charge in [0.2, 0.25) is 5.91 Å². The maximum Gasteiger partial charge on any atom is 0.242 e. The van der Waals surface area contributed by atoms with Gasteiger partial charge in [0, 0.05) is 31.2 Å². The van der Waals surface area contributed by atoms with Gasteiger partial charge in [0.1, 0.15) is 17.5 Å². The number of methoxy groups -OCH3 is 1. The van der Waals surface area contributed by atoms with E-state index in [-0.39, 0.29) is 18.3 Å². The van der Waals surface area contributed by atoms with E-state index in [0.717, 1.165) is 51.1 Å². The normalized spacial score (nSPS) is 14.4. The van der Waals surface area contributed by atoms with Crippen LogP contribution in [-0.2, 0) is 28.9 Å². The fraction of sp³-hybridized carbons (Fsp3) is 0.320. The van der Waals surface area contributed by atoms with E-state index in [0.29, 0.717) is 25.3 Å². The number of aromatic amines is 2. The summed E-state index contributed by atoms with van der Waals surface area (Å²) >= 11 is 0. The van der Waals surface area contributed by atoms with Crippen LogP contribution in [0.15, 0.2) is 36.4 Å². The predicted molar refractivity (Wildman–Crippen MR) is 129 cm³/mol. The average Bonchev–Trinajstić information content (AvgIpc) is 3.46. The van der Waals surface area contributed by atoms with Gasteiger partial charge < -0.3 is 25.5 Å². The lowest BCUT2D eigenvalue weighted by molar-refractivity contribution is -0.134. The number of phenols is 1. The topological polar surface area (TPSA) is 133 Å². The van der Waals surface area contributed by atoms with Gasteiger partial charge in [-0.05, 0) is 47.4 Å². The number of H-pyrrole nitrogens is 2. The van der Waals surface area contributed by atoms with E-state index in [1.54, 1.807) is 11.0 Å². The molecule has 0 aliphatic carbocycles. The molecule has 0 spiro atoms. The Morgan fingerprint density at radius 2 is 2.15 bits per heavy atom. The molecule has 2 aromatic carbocycles. The molecule has 0 saturated carbocycles. The largest absolute Gasteiger partial charge is 0.508 e. The van der Waals surface area contributed by atoms with Crippen molar-refractivity contribution in [2.45, 2.75) is 32.4 Å². The summed E-state index contributed by atoms with van der Waals surface area (Å²) in [5.74, 6) is 0.821. The van der Waals surface area contributed by atoms with E-state index in [2.05, 4.69) is 34.2 Å². The number of carbonyl (C=O) groups excluding carboxylic acids is 1. The van der Waals surface area contributed by atoms with Gasteiger partial charge in [-0.1, -0.05) is 19.1 Å². The Hall–Kier alpha value is -3.69. The quantitative estimate of drug-likeness (QED) is 0.350. The molecule has 34 heavy (non-hydrogen) atoms. The maximum atomic E-state index is 12.6. The Balaban J connectivity index is 1.43. The molecule has 1 atom stereocenters. The van der Waals surface area contributed by atoms with Crippen LogP contribution >= 0.6 is 0 Å². The zero-order valence-corrected chi connectivity index (χ0v) is 19.3. The van der Waals surface area contributed by atoms with Crippen LogP contribution in [0.2, 0.25) is 0 Å². The van der Waals surface area contributed by atoms with E-state index < -0.39 is 6.04 Å². The fourth-order valence-corrected chi connectivity index (χ4v) is 4.60. The number of aryl methyl sites for hydroxylation is 1. The van der Waals surface area contributed by atoms with Crippen molar-refractivity contribution in [3.63, 3.8) is 0 Å². The van der Waals surface area contributed by atoms with Gasteiger partial charge in [0.25, 0.3) is 0 Å². The van der Waals surface area contributed by atoms with Gasteiger partial charge in [-0.25, -0.2) is 4.98 Å². The zero-order chi connectivity index (χ0) is 23.8. The first-order chi connectivity index (χ1) is 16.5. The van der Waals surface area contributed by atoms with Crippen molar-refractivity contribution in [2.75, 3.05) is 20.3 Å². The molecule has 5 rings (SSSR count). The highest BCUT2D eigenvalue weighted by molar-refractivity contribution is 5.94. The SMILES string of the molecule is CCc1cc(O)ccc1-c1ccc2c(-c3nc4c([nH]3)CCN(C(=O)[C@@H](N)COC)C4)n[nH]c2c1. The number of nitrogens with one attached hydrogen (secondary N) is 2. The van der Waals surface area contributed by atoms with E-state index in [1.165, 1.54) is 7.11 Å². The number of hydrogen-bond acceptors (Lipinski definition) is 6. The van der Waals surface area contributed by atoms with E-state index >= 15 is 0 Å². The second-order valence-electron chi connectivity index (χ2n) is 8.61. The van der Waals surface area contributed by atoms with Crippen LogP contribution in [0.5, 0.6) is 5.75 Å². The van der Waals surface area contributed by atoms with Crippen LogP contribution in [0.4, 0.5) is 0 Å². The first kappa shape index (κ1) is 22.1. The van der Waals surface area contributed by atoms with Crippen LogP contribution < -0.4 is 5.73 Å². The fourth-order valence-electron chi connectivity index (χ4n) is 4.60. The van der Waals surface area contributed by atoms with Crippen LogP contribution in [0.1, 0.15) is 23.9 Å². The summed E-state index contributed by atoms with van der Waals surface area (Å²) in [6, 6.07) is 11.0. The number of hydrogen-bond donors (Lipinski definition) is 4. The smallest absolute Gasteiger partial charge is 0.242 e. The highest BCUT2D eigenvalue weighted by atomic mass is 16.5. The Kier molecular flexibility index (Phi) is 5.80. The number of aromatic nitrogens is 4. The minimum Gasteiger partial charge on any atom is -0.508 e. The summed E-state index contributed by atoms with van der Waals surface area (Å²) < 4.78 is 5.02. The number of phenolic OH excluding ortho intramolecular Hbond substituents is 1.